The van der Waals surface area contributed by atoms with Crippen molar-refractivity contribution in [2.45, 2.75) is 19.8 Å². The average molecular weight is 271 g/mol. The van der Waals surface area contributed by atoms with E-state index in [9.17, 15) is 18.4 Å². The van der Waals surface area contributed by atoms with Gasteiger partial charge in [0, 0.05) is 12.1 Å². The highest BCUT2D eigenvalue weighted by Crippen LogP contribution is 2.10. The summed E-state index contributed by atoms with van der Waals surface area (Å²) < 4.78 is 24.8. The second-order valence-electron chi connectivity index (χ2n) is 4.02. The summed E-state index contributed by atoms with van der Waals surface area (Å²) in [6.07, 6.45) is -2.01. The SMILES string of the molecule is CCCN(CC(F)F)C(=O)c1ccc(C(=O)O)cc1. The Morgan fingerprint density at radius 2 is 1.74 bits per heavy atom. The van der Waals surface area contributed by atoms with Crippen LogP contribution in [0.3, 0.4) is 0 Å². The van der Waals surface area contributed by atoms with E-state index in [4.69, 9.17) is 5.11 Å². The summed E-state index contributed by atoms with van der Waals surface area (Å²) in [7, 11) is 0. The van der Waals surface area contributed by atoms with Crippen molar-refractivity contribution in [2.24, 2.45) is 0 Å². The molecule has 0 radical (unpaired) electrons. The predicted octanol–water partition coefficient (Wildman–Crippen LogP) is 2.50. The molecule has 0 saturated carbocycles. The lowest BCUT2D eigenvalue weighted by Gasteiger charge is -2.21. The van der Waals surface area contributed by atoms with Crippen LogP contribution in [0.4, 0.5) is 8.78 Å². The van der Waals surface area contributed by atoms with Gasteiger partial charge in [0.15, 0.2) is 0 Å². The number of aromatic carboxylic acids is 1. The highest BCUT2D eigenvalue weighted by atomic mass is 19.3. The minimum absolute atomic E-state index is 0.0486. The number of carbonyl (C=O) groups is 2. The number of nitrogens with zero attached hydrogens (tertiary/aromatic N) is 1. The Labute approximate surface area is 109 Å². The lowest BCUT2D eigenvalue weighted by Crippen LogP contribution is -2.35. The first-order chi connectivity index (χ1) is 8.95. The maximum atomic E-state index is 12.4. The van der Waals surface area contributed by atoms with Crippen molar-refractivity contribution >= 4 is 11.9 Å². The smallest absolute Gasteiger partial charge is 0.335 e. The van der Waals surface area contributed by atoms with Crippen molar-refractivity contribution in [2.75, 3.05) is 13.1 Å². The standard InChI is InChI=1S/C13H15F2NO3/c1-2-7-16(8-11(14)15)12(17)9-3-5-10(6-4-9)13(18)19/h3-6,11H,2,7-8H2,1H3,(H,18,19). The summed E-state index contributed by atoms with van der Waals surface area (Å²) >= 11 is 0. The molecule has 0 aliphatic carbocycles. The van der Waals surface area contributed by atoms with Crippen LogP contribution in [0.15, 0.2) is 24.3 Å². The van der Waals surface area contributed by atoms with Crippen molar-refractivity contribution < 1.29 is 23.5 Å². The molecule has 1 N–H and O–H groups in total. The third-order valence-corrected chi connectivity index (χ3v) is 2.52. The second kappa shape index (κ2) is 6.82. The van der Waals surface area contributed by atoms with Gasteiger partial charge in [-0.15, -0.1) is 0 Å². The molecular weight excluding hydrogens is 256 g/mol. The van der Waals surface area contributed by atoms with Crippen LogP contribution < -0.4 is 0 Å². The second-order valence-corrected chi connectivity index (χ2v) is 4.02. The maximum Gasteiger partial charge on any atom is 0.335 e. The summed E-state index contributed by atoms with van der Waals surface area (Å²) in [5.41, 5.74) is 0.256. The van der Waals surface area contributed by atoms with Crippen LogP contribution in [-0.2, 0) is 0 Å². The van der Waals surface area contributed by atoms with Gasteiger partial charge in [-0.3, -0.25) is 4.79 Å². The maximum absolute atomic E-state index is 12.4. The van der Waals surface area contributed by atoms with Crippen LogP contribution in [0.1, 0.15) is 34.1 Å². The minimum Gasteiger partial charge on any atom is -0.478 e. The van der Waals surface area contributed by atoms with E-state index < -0.39 is 24.8 Å². The quantitative estimate of drug-likeness (QED) is 0.864. The van der Waals surface area contributed by atoms with Crippen LogP contribution in [-0.4, -0.2) is 41.4 Å². The lowest BCUT2D eigenvalue weighted by atomic mass is 10.1. The number of hydrogen-bond acceptors (Lipinski definition) is 2. The van der Waals surface area contributed by atoms with Crippen LogP contribution in [0.5, 0.6) is 0 Å². The Morgan fingerprint density at radius 3 is 2.16 bits per heavy atom. The average Bonchev–Trinajstić information content (AvgIpc) is 2.37. The summed E-state index contributed by atoms with van der Waals surface area (Å²) in [6, 6.07) is 5.23. The van der Waals surface area contributed by atoms with Crippen molar-refractivity contribution in [1.29, 1.82) is 0 Å². The number of halogens is 2. The van der Waals surface area contributed by atoms with E-state index in [1.54, 1.807) is 6.92 Å². The first-order valence-electron chi connectivity index (χ1n) is 5.86. The van der Waals surface area contributed by atoms with Crippen molar-refractivity contribution in [1.82, 2.24) is 4.90 Å². The molecule has 0 saturated heterocycles. The summed E-state index contributed by atoms with van der Waals surface area (Å²) in [5.74, 6) is -1.61. The molecule has 0 aliphatic rings. The zero-order chi connectivity index (χ0) is 14.4. The van der Waals surface area contributed by atoms with Gasteiger partial charge in [0.1, 0.15) is 0 Å². The fourth-order valence-electron chi connectivity index (χ4n) is 1.65. The first-order valence-corrected chi connectivity index (χ1v) is 5.86. The van der Waals surface area contributed by atoms with Crippen LogP contribution in [0.2, 0.25) is 0 Å². The Morgan fingerprint density at radius 1 is 1.21 bits per heavy atom. The molecule has 1 rings (SSSR count). The van der Waals surface area contributed by atoms with E-state index in [0.29, 0.717) is 6.42 Å². The number of benzene rings is 1. The van der Waals surface area contributed by atoms with Gasteiger partial charge >= 0.3 is 5.97 Å². The van der Waals surface area contributed by atoms with Gasteiger partial charge in [0.05, 0.1) is 12.1 Å². The highest BCUT2D eigenvalue weighted by Gasteiger charge is 2.19. The van der Waals surface area contributed by atoms with Crippen molar-refractivity contribution in [3.05, 3.63) is 35.4 Å². The number of carbonyl (C=O) groups excluding carboxylic acids is 1. The largest absolute Gasteiger partial charge is 0.478 e. The molecule has 0 spiro atoms. The summed E-state index contributed by atoms with van der Waals surface area (Å²) in [5, 5.41) is 8.73. The molecule has 1 aromatic carbocycles. The molecule has 104 valence electrons. The van der Waals surface area contributed by atoms with Crippen LogP contribution in [0.25, 0.3) is 0 Å². The summed E-state index contributed by atoms with van der Waals surface area (Å²) in [4.78, 5) is 23.7. The number of hydrogen-bond donors (Lipinski definition) is 1. The normalized spacial score (nSPS) is 10.5. The van der Waals surface area contributed by atoms with Gasteiger partial charge in [0.2, 0.25) is 0 Å². The van der Waals surface area contributed by atoms with Crippen LogP contribution in [0, 0.1) is 0 Å². The Hall–Kier alpha value is -1.98. The summed E-state index contributed by atoms with van der Waals surface area (Å²) in [6.45, 7) is 1.41. The number of carboxylic acids is 1. The van der Waals surface area contributed by atoms with Gasteiger partial charge in [-0.25, -0.2) is 13.6 Å². The third-order valence-electron chi connectivity index (χ3n) is 2.52. The molecule has 1 amide bonds. The van der Waals surface area contributed by atoms with E-state index in [1.807, 2.05) is 0 Å². The zero-order valence-corrected chi connectivity index (χ0v) is 10.5. The monoisotopic (exact) mass is 271 g/mol. The van der Waals surface area contributed by atoms with Crippen molar-refractivity contribution in [3.8, 4) is 0 Å². The number of carboxylic acid groups (broad SMARTS) is 1. The predicted molar refractivity (Wildman–Crippen MR) is 65.6 cm³/mol. The molecule has 0 aromatic heterocycles. The highest BCUT2D eigenvalue weighted by molar-refractivity contribution is 5.95. The van der Waals surface area contributed by atoms with Gasteiger partial charge < -0.3 is 10.0 Å². The Balaban J connectivity index is 2.86. The number of rotatable bonds is 6. The molecule has 1 aromatic rings. The number of alkyl halides is 2. The molecule has 4 nitrogen and oxygen atoms in total. The first kappa shape index (κ1) is 15.1. The van der Waals surface area contributed by atoms with Gasteiger partial charge in [-0.05, 0) is 30.7 Å². The molecule has 0 fully saturated rings. The minimum atomic E-state index is -2.59. The Kier molecular flexibility index (Phi) is 5.41. The molecule has 0 aliphatic heterocycles. The van der Waals surface area contributed by atoms with E-state index >= 15 is 0 Å². The van der Waals surface area contributed by atoms with Crippen molar-refractivity contribution in [3.63, 3.8) is 0 Å². The number of amides is 1. The van der Waals surface area contributed by atoms with Crippen LogP contribution >= 0.6 is 0 Å². The fraction of sp³-hybridized carbons (Fsp3) is 0.385. The van der Waals surface area contributed by atoms with E-state index in [0.717, 1.165) is 4.90 Å². The third kappa shape index (κ3) is 4.31. The lowest BCUT2D eigenvalue weighted by molar-refractivity contribution is 0.0555. The molecule has 19 heavy (non-hydrogen) atoms. The van der Waals surface area contributed by atoms with E-state index in [2.05, 4.69) is 0 Å². The van der Waals surface area contributed by atoms with Gasteiger partial charge in [-0.1, -0.05) is 6.92 Å². The zero-order valence-electron chi connectivity index (χ0n) is 10.5. The molecule has 0 bridgehead atoms. The molecule has 0 heterocycles. The fourth-order valence-corrected chi connectivity index (χ4v) is 1.65. The van der Waals surface area contributed by atoms with Gasteiger partial charge in [0.25, 0.3) is 12.3 Å². The molecule has 6 heteroatoms. The van der Waals surface area contributed by atoms with E-state index in [-0.39, 0.29) is 17.7 Å². The molecular formula is C13H15F2NO3. The molecule has 0 atom stereocenters. The molecule has 0 unspecified atom stereocenters. The van der Waals surface area contributed by atoms with Gasteiger partial charge in [-0.2, -0.15) is 0 Å². The van der Waals surface area contributed by atoms with E-state index in [1.165, 1.54) is 24.3 Å². The topological polar surface area (TPSA) is 57.6 Å². The Bertz CT molecular complexity index is 446.